The summed E-state index contributed by atoms with van der Waals surface area (Å²) in [4.78, 5) is 8.44. The number of aromatic nitrogens is 2. The number of halogens is 1. The predicted molar refractivity (Wildman–Crippen MR) is 147 cm³/mol. The van der Waals surface area contributed by atoms with Gasteiger partial charge in [-0.15, -0.1) is 0 Å². The van der Waals surface area contributed by atoms with Crippen molar-refractivity contribution in [1.29, 1.82) is 0 Å². The van der Waals surface area contributed by atoms with Crippen LogP contribution < -0.4 is 4.74 Å². The molecule has 2 fully saturated rings. The van der Waals surface area contributed by atoms with Crippen molar-refractivity contribution >= 4 is 22.6 Å². The van der Waals surface area contributed by atoms with Gasteiger partial charge in [-0.05, 0) is 22.8 Å². The molecule has 2 aromatic heterocycles. The number of nitrogens with one attached hydrogen (secondary N) is 1. The SMILES string of the molecule is O[C@@H]1CO[C@H]2[C@@H]1OC[C@H]2Oc1[nH]c2cc(Cl)c(-c3ccc(-c4ccccc4)cc3)nc2c1-c1ccccc1. The number of H-pyrrole nitrogens is 1. The summed E-state index contributed by atoms with van der Waals surface area (Å²) in [7, 11) is 0. The number of pyridine rings is 1. The average molecular weight is 525 g/mol. The van der Waals surface area contributed by atoms with E-state index in [1.165, 1.54) is 0 Å². The van der Waals surface area contributed by atoms with Gasteiger partial charge in [-0.25, -0.2) is 4.98 Å². The van der Waals surface area contributed by atoms with Gasteiger partial charge < -0.3 is 24.3 Å². The van der Waals surface area contributed by atoms with Crippen molar-refractivity contribution < 1.29 is 19.3 Å². The van der Waals surface area contributed by atoms with Crippen LogP contribution in [-0.4, -0.2) is 52.7 Å². The highest BCUT2D eigenvalue weighted by Gasteiger charge is 2.48. The lowest BCUT2D eigenvalue weighted by Gasteiger charge is -2.18. The number of aliphatic hydroxyl groups is 1. The van der Waals surface area contributed by atoms with Crippen LogP contribution in [0.25, 0.3) is 44.5 Å². The number of aliphatic hydroxyl groups excluding tert-OH is 1. The fourth-order valence-electron chi connectivity index (χ4n) is 5.38. The maximum absolute atomic E-state index is 10.1. The third-order valence-electron chi connectivity index (χ3n) is 7.27. The molecule has 2 aliphatic heterocycles. The van der Waals surface area contributed by atoms with E-state index >= 15 is 0 Å². The summed E-state index contributed by atoms with van der Waals surface area (Å²) in [5, 5.41) is 10.7. The lowest BCUT2D eigenvalue weighted by molar-refractivity contribution is 0.00805. The molecule has 0 spiro atoms. The van der Waals surface area contributed by atoms with Gasteiger partial charge in [0, 0.05) is 5.56 Å². The maximum atomic E-state index is 10.1. The Labute approximate surface area is 224 Å². The zero-order chi connectivity index (χ0) is 25.6. The first-order chi connectivity index (χ1) is 18.7. The molecule has 2 aliphatic rings. The van der Waals surface area contributed by atoms with Crippen LogP contribution in [0.4, 0.5) is 0 Å². The smallest absolute Gasteiger partial charge is 0.202 e. The maximum Gasteiger partial charge on any atom is 0.202 e. The zero-order valence-electron chi connectivity index (χ0n) is 20.4. The Morgan fingerprint density at radius 3 is 2.16 bits per heavy atom. The van der Waals surface area contributed by atoms with Crippen LogP contribution in [0.2, 0.25) is 5.02 Å². The zero-order valence-corrected chi connectivity index (χ0v) is 21.1. The van der Waals surface area contributed by atoms with Crippen LogP contribution >= 0.6 is 11.6 Å². The molecule has 2 saturated heterocycles. The van der Waals surface area contributed by atoms with Gasteiger partial charge in [0.1, 0.15) is 23.8 Å². The van der Waals surface area contributed by atoms with Crippen molar-refractivity contribution in [3.8, 4) is 39.4 Å². The van der Waals surface area contributed by atoms with Crippen LogP contribution in [0, 0.1) is 0 Å². The highest BCUT2D eigenvalue weighted by atomic mass is 35.5. The number of hydrogen-bond donors (Lipinski definition) is 2. The third kappa shape index (κ3) is 4.06. The molecule has 5 aromatic rings. The molecule has 7 heteroatoms. The summed E-state index contributed by atoms with van der Waals surface area (Å²) >= 11 is 6.77. The molecule has 3 aromatic carbocycles. The normalized spacial score (nSPS) is 22.6. The Kier molecular flexibility index (Phi) is 5.90. The van der Waals surface area contributed by atoms with Gasteiger partial charge in [-0.1, -0.05) is 96.5 Å². The molecule has 38 heavy (non-hydrogen) atoms. The van der Waals surface area contributed by atoms with Gasteiger partial charge in [-0.3, -0.25) is 0 Å². The molecule has 0 radical (unpaired) electrons. The lowest BCUT2D eigenvalue weighted by atomic mass is 10.0. The minimum absolute atomic E-state index is 0.247. The molecule has 4 atom stereocenters. The van der Waals surface area contributed by atoms with Crippen LogP contribution in [0.5, 0.6) is 5.88 Å². The molecule has 6 nitrogen and oxygen atoms in total. The number of hydrogen-bond acceptors (Lipinski definition) is 5. The fraction of sp³-hybridized carbons (Fsp3) is 0.194. The fourth-order valence-corrected chi connectivity index (χ4v) is 5.64. The topological polar surface area (TPSA) is 76.6 Å². The number of aromatic amines is 1. The lowest BCUT2D eigenvalue weighted by Crippen LogP contribution is -2.34. The van der Waals surface area contributed by atoms with E-state index in [-0.39, 0.29) is 24.9 Å². The number of benzene rings is 3. The quantitative estimate of drug-likeness (QED) is 0.289. The molecule has 7 rings (SSSR count). The molecular weight excluding hydrogens is 500 g/mol. The van der Waals surface area contributed by atoms with E-state index in [0.29, 0.717) is 23.2 Å². The van der Waals surface area contributed by atoms with Crippen LogP contribution in [0.15, 0.2) is 91.0 Å². The van der Waals surface area contributed by atoms with Crippen LogP contribution in [0.3, 0.4) is 0 Å². The van der Waals surface area contributed by atoms with Crippen molar-refractivity contribution in [2.45, 2.75) is 24.4 Å². The Morgan fingerprint density at radius 2 is 1.42 bits per heavy atom. The van der Waals surface area contributed by atoms with E-state index in [1.54, 1.807) is 0 Å². The Balaban J connectivity index is 1.30. The second-order valence-corrected chi connectivity index (χ2v) is 10.1. The Hall–Kier alpha value is -3.68. The molecule has 0 amide bonds. The van der Waals surface area contributed by atoms with E-state index in [2.05, 4.69) is 29.2 Å². The van der Waals surface area contributed by atoms with Crippen LogP contribution in [0.1, 0.15) is 0 Å². The Morgan fingerprint density at radius 1 is 0.789 bits per heavy atom. The van der Waals surface area contributed by atoms with Gasteiger partial charge >= 0.3 is 0 Å². The average Bonchev–Trinajstić information content (AvgIpc) is 3.64. The van der Waals surface area contributed by atoms with Crippen molar-refractivity contribution in [3.63, 3.8) is 0 Å². The van der Waals surface area contributed by atoms with Crippen molar-refractivity contribution in [2.24, 2.45) is 0 Å². The monoisotopic (exact) mass is 524 g/mol. The highest BCUT2D eigenvalue weighted by Crippen LogP contribution is 2.41. The molecular formula is C31H25ClN2O4. The molecule has 4 heterocycles. The summed E-state index contributed by atoms with van der Waals surface area (Å²) in [6, 6.07) is 30.4. The third-order valence-corrected chi connectivity index (χ3v) is 7.56. The van der Waals surface area contributed by atoms with Gasteiger partial charge in [0.05, 0.1) is 35.0 Å². The molecule has 0 aliphatic carbocycles. The number of ether oxygens (including phenoxy) is 3. The summed E-state index contributed by atoms with van der Waals surface area (Å²) < 4.78 is 18.0. The number of nitrogens with zero attached hydrogens (tertiary/aromatic N) is 1. The molecule has 0 bridgehead atoms. The van der Waals surface area contributed by atoms with Crippen molar-refractivity contribution in [1.82, 2.24) is 9.97 Å². The predicted octanol–water partition coefficient (Wildman–Crippen LogP) is 6.12. The van der Waals surface area contributed by atoms with Crippen molar-refractivity contribution in [2.75, 3.05) is 13.2 Å². The number of fused-ring (bicyclic) bond motifs is 2. The molecule has 0 saturated carbocycles. The van der Waals surface area contributed by atoms with Gasteiger partial charge in [0.15, 0.2) is 6.10 Å². The summed E-state index contributed by atoms with van der Waals surface area (Å²) in [6.07, 6.45) is -1.69. The van der Waals surface area contributed by atoms with E-state index in [1.807, 2.05) is 66.7 Å². The minimum atomic E-state index is -0.638. The summed E-state index contributed by atoms with van der Waals surface area (Å²) in [5.74, 6) is 0.575. The minimum Gasteiger partial charge on any atom is -0.470 e. The van der Waals surface area contributed by atoms with Gasteiger partial charge in [-0.2, -0.15) is 0 Å². The molecule has 190 valence electrons. The van der Waals surface area contributed by atoms with E-state index in [9.17, 15) is 5.11 Å². The Bertz CT molecular complexity index is 1590. The molecule has 2 N–H and O–H groups in total. The second-order valence-electron chi connectivity index (χ2n) is 9.67. The molecule has 0 unspecified atom stereocenters. The van der Waals surface area contributed by atoms with Crippen LogP contribution in [-0.2, 0) is 9.47 Å². The first kappa shape index (κ1) is 23.4. The summed E-state index contributed by atoms with van der Waals surface area (Å²) in [6.45, 7) is 0.584. The van der Waals surface area contributed by atoms with E-state index in [0.717, 1.165) is 38.9 Å². The van der Waals surface area contributed by atoms with Gasteiger partial charge in [0.25, 0.3) is 0 Å². The first-order valence-corrected chi connectivity index (χ1v) is 13.0. The summed E-state index contributed by atoms with van der Waals surface area (Å²) in [5.41, 5.74) is 7.28. The van der Waals surface area contributed by atoms with Gasteiger partial charge in [0.2, 0.25) is 5.88 Å². The van der Waals surface area contributed by atoms with E-state index < -0.39 is 6.10 Å². The largest absolute Gasteiger partial charge is 0.470 e. The first-order valence-electron chi connectivity index (χ1n) is 12.7. The second kappa shape index (κ2) is 9.57. The number of rotatable bonds is 5. The van der Waals surface area contributed by atoms with Crippen molar-refractivity contribution in [3.05, 3.63) is 96.0 Å². The van der Waals surface area contributed by atoms with E-state index in [4.69, 9.17) is 30.8 Å². The standard InChI is InChI=1S/C31H25ClN2O4/c32-22-15-23-28(34-27(22)21-13-11-19(12-14-21)18-7-3-1-4-8-18)26(20-9-5-2-6-10-20)31(33-23)38-25-17-37-29-24(35)16-36-30(25)29/h1-15,24-25,29-30,33,35H,16-17H2/t24-,25-,29-,30-/m1/s1. The highest BCUT2D eigenvalue weighted by molar-refractivity contribution is 6.33.